The molecule has 0 unspecified atom stereocenters. The highest BCUT2D eigenvalue weighted by molar-refractivity contribution is 7.99. The number of benzene rings is 3. The van der Waals surface area contributed by atoms with Crippen molar-refractivity contribution in [2.45, 2.75) is 38.0 Å². The minimum Gasteiger partial charge on any atom is -0.497 e. The SMILES string of the molecule is COc1ccc(C(=O)CSc2nc3cc(C(=O)NC(C)C)ccc3c(=O)n2CCc2ccccc2)cc1. The highest BCUT2D eigenvalue weighted by Crippen LogP contribution is 2.22. The Morgan fingerprint density at radius 2 is 1.70 bits per heavy atom. The van der Waals surface area contributed by atoms with E-state index >= 15 is 0 Å². The summed E-state index contributed by atoms with van der Waals surface area (Å²) < 4.78 is 6.79. The lowest BCUT2D eigenvalue weighted by molar-refractivity contribution is 0.0942. The summed E-state index contributed by atoms with van der Waals surface area (Å²) >= 11 is 1.22. The summed E-state index contributed by atoms with van der Waals surface area (Å²) in [4.78, 5) is 43.7. The molecular formula is C29H29N3O4S. The van der Waals surface area contributed by atoms with Crippen LogP contribution in [0.4, 0.5) is 0 Å². The number of ketones is 1. The van der Waals surface area contributed by atoms with E-state index in [2.05, 4.69) is 5.32 Å². The van der Waals surface area contributed by atoms with Crippen molar-refractivity contribution in [3.05, 3.63) is 99.8 Å². The van der Waals surface area contributed by atoms with E-state index in [-0.39, 0.29) is 29.0 Å². The summed E-state index contributed by atoms with van der Waals surface area (Å²) in [5.74, 6) is 0.480. The summed E-state index contributed by atoms with van der Waals surface area (Å²) in [6, 6.07) is 21.7. The van der Waals surface area contributed by atoms with Crippen molar-refractivity contribution in [2.24, 2.45) is 0 Å². The van der Waals surface area contributed by atoms with Gasteiger partial charge in [0.25, 0.3) is 11.5 Å². The third kappa shape index (κ3) is 6.46. The van der Waals surface area contributed by atoms with Crippen LogP contribution in [0.5, 0.6) is 5.75 Å². The first-order valence-electron chi connectivity index (χ1n) is 12.0. The molecule has 1 amide bonds. The van der Waals surface area contributed by atoms with Crippen LogP contribution in [0.25, 0.3) is 10.9 Å². The van der Waals surface area contributed by atoms with Crippen LogP contribution >= 0.6 is 11.8 Å². The zero-order valence-electron chi connectivity index (χ0n) is 21.1. The van der Waals surface area contributed by atoms with E-state index in [1.54, 1.807) is 54.1 Å². The molecule has 8 heteroatoms. The third-order valence-electron chi connectivity index (χ3n) is 5.81. The molecule has 0 spiro atoms. The lowest BCUT2D eigenvalue weighted by atomic mass is 10.1. The molecular weight excluding hydrogens is 486 g/mol. The number of hydrogen-bond donors (Lipinski definition) is 1. The monoisotopic (exact) mass is 515 g/mol. The van der Waals surface area contributed by atoms with Gasteiger partial charge in [0, 0.05) is 23.7 Å². The molecule has 0 aliphatic heterocycles. The van der Waals surface area contributed by atoms with Crippen LogP contribution in [0.2, 0.25) is 0 Å². The van der Waals surface area contributed by atoms with Crippen LogP contribution in [0, 0.1) is 0 Å². The van der Waals surface area contributed by atoms with Gasteiger partial charge >= 0.3 is 0 Å². The average molecular weight is 516 g/mol. The topological polar surface area (TPSA) is 90.3 Å². The number of methoxy groups -OCH3 is 1. The van der Waals surface area contributed by atoms with Crippen LogP contribution in [-0.2, 0) is 13.0 Å². The molecule has 7 nitrogen and oxygen atoms in total. The van der Waals surface area contributed by atoms with E-state index in [1.807, 2.05) is 44.2 Å². The molecule has 0 saturated heterocycles. The highest BCUT2D eigenvalue weighted by atomic mass is 32.2. The maximum atomic E-state index is 13.5. The summed E-state index contributed by atoms with van der Waals surface area (Å²) in [6.45, 7) is 4.19. The van der Waals surface area contributed by atoms with Gasteiger partial charge in [-0.15, -0.1) is 0 Å². The zero-order chi connectivity index (χ0) is 26.4. The predicted octanol–water partition coefficient (Wildman–Crippen LogP) is 4.76. The fourth-order valence-corrected chi connectivity index (χ4v) is 4.79. The molecule has 3 aromatic carbocycles. The predicted molar refractivity (Wildman–Crippen MR) is 147 cm³/mol. The van der Waals surface area contributed by atoms with Crippen molar-refractivity contribution in [1.29, 1.82) is 0 Å². The number of carbonyl (C=O) groups is 2. The summed E-state index contributed by atoms with van der Waals surface area (Å²) in [5.41, 5.74) is 2.31. The van der Waals surface area contributed by atoms with Gasteiger partial charge in [-0.05, 0) is 68.3 Å². The van der Waals surface area contributed by atoms with E-state index < -0.39 is 0 Å². The van der Waals surface area contributed by atoms with Crippen LogP contribution in [0.3, 0.4) is 0 Å². The molecule has 1 aromatic heterocycles. The number of thioether (sulfide) groups is 1. The van der Waals surface area contributed by atoms with Gasteiger partial charge in [0.2, 0.25) is 0 Å². The highest BCUT2D eigenvalue weighted by Gasteiger charge is 2.16. The molecule has 1 N–H and O–H groups in total. The van der Waals surface area contributed by atoms with E-state index in [0.717, 1.165) is 5.56 Å². The Balaban J connectivity index is 1.66. The van der Waals surface area contributed by atoms with E-state index in [4.69, 9.17) is 9.72 Å². The number of carbonyl (C=O) groups excluding carboxylic acids is 2. The van der Waals surface area contributed by atoms with E-state index in [9.17, 15) is 14.4 Å². The van der Waals surface area contributed by atoms with Gasteiger partial charge in [0.15, 0.2) is 10.9 Å². The number of ether oxygens (including phenoxy) is 1. The molecule has 0 atom stereocenters. The molecule has 4 aromatic rings. The van der Waals surface area contributed by atoms with Gasteiger partial charge < -0.3 is 10.1 Å². The molecule has 0 radical (unpaired) electrons. The Kier molecular flexibility index (Phi) is 8.40. The van der Waals surface area contributed by atoms with Crippen molar-refractivity contribution < 1.29 is 14.3 Å². The molecule has 1 heterocycles. The normalized spacial score (nSPS) is 11.0. The van der Waals surface area contributed by atoms with Gasteiger partial charge in [0.05, 0.1) is 23.8 Å². The molecule has 0 aliphatic rings. The number of nitrogens with zero attached hydrogens (tertiary/aromatic N) is 2. The second-order valence-electron chi connectivity index (χ2n) is 8.89. The molecule has 0 fully saturated rings. The Morgan fingerprint density at radius 3 is 2.38 bits per heavy atom. The Hall–Kier alpha value is -3.91. The number of amides is 1. The number of rotatable bonds is 10. The number of fused-ring (bicyclic) bond motifs is 1. The second-order valence-corrected chi connectivity index (χ2v) is 9.83. The lowest BCUT2D eigenvalue weighted by Crippen LogP contribution is -2.30. The summed E-state index contributed by atoms with van der Waals surface area (Å²) in [7, 11) is 1.57. The maximum absolute atomic E-state index is 13.5. The Bertz CT molecular complexity index is 1460. The maximum Gasteiger partial charge on any atom is 0.262 e. The number of Topliss-reactive ketones (excluding diaryl/α,β-unsaturated/α-hetero) is 1. The summed E-state index contributed by atoms with van der Waals surface area (Å²) in [6.07, 6.45) is 0.642. The van der Waals surface area contributed by atoms with Crippen molar-refractivity contribution in [1.82, 2.24) is 14.9 Å². The van der Waals surface area contributed by atoms with Crippen molar-refractivity contribution >= 4 is 34.4 Å². The van der Waals surface area contributed by atoms with Gasteiger partial charge in [-0.3, -0.25) is 19.0 Å². The van der Waals surface area contributed by atoms with E-state index in [0.29, 0.717) is 45.9 Å². The van der Waals surface area contributed by atoms with Gasteiger partial charge in [-0.1, -0.05) is 42.1 Å². The van der Waals surface area contributed by atoms with Gasteiger partial charge in [0.1, 0.15) is 5.75 Å². The zero-order valence-corrected chi connectivity index (χ0v) is 21.9. The average Bonchev–Trinajstić information content (AvgIpc) is 2.91. The molecule has 0 aliphatic carbocycles. The number of nitrogens with one attached hydrogen (secondary N) is 1. The minimum absolute atomic E-state index is 0.0165. The summed E-state index contributed by atoms with van der Waals surface area (Å²) in [5, 5.41) is 3.73. The van der Waals surface area contributed by atoms with Crippen molar-refractivity contribution in [2.75, 3.05) is 12.9 Å². The smallest absolute Gasteiger partial charge is 0.262 e. The van der Waals surface area contributed by atoms with Crippen LogP contribution in [-0.4, -0.2) is 40.1 Å². The number of aryl methyl sites for hydroxylation is 1. The fourth-order valence-electron chi connectivity index (χ4n) is 3.87. The van der Waals surface area contributed by atoms with Crippen molar-refractivity contribution in [3.8, 4) is 5.75 Å². The fraction of sp³-hybridized carbons (Fsp3) is 0.241. The first-order chi connectivity index (χ1) is 17.9. The minimum atomic E-state index is -0.226. The molecule has 4 rings (SSSR count). The van der Waals surface area contributed by atoms with Crippen LogP contribution in [0.15, 0.2) is 82.7 Å². The molecule has 0 saturated carbocycles. The molecule has 37 heavy (non-hydrogen) atoms. The van der Waals surface area contributed by atoms with Crippen LogP contribution in [0.1, 0.15) is 40.1 Å². The van der Waals surface area contributed by atoms with E-state index in [1.165, 1.54) is 11.8 Å². The molecule has 0 bridgehead atoms. The first kappa shape index (κ1) is 26.2. The Labute approximate surface area is 219 Å². The first-order valence-corrected chi connectivity index (χ1v) is 13.0. The van der Waals surface area contributed by atoms with Gasteiger partial charge in [-0.2, -0.15) is 0 Å². The van der Waals surface area contributed by atoms with Crippen molar-refractivity contribution in [3.63, 3.8) is 0 Å². The Morgan fingerprint density at radius 1 is 1.00 bits per heavy atom. The lowest BCUT2D eigenvalue weighted by Gasteiger charge is -2.14. The molecule has 190 valence electrons. The second kappa shape index (κ2) is 11.9. The largest absolute Gasteiger partial charge is 0.497 e. The standard InChI is InChI=1S/C29H29N3O4S/c1-19(2)30-27(34)22-11-14-24-25(17-22)31-29(32(28(24)35)16-15-20-7-5-4-6-8-20)37-18-26(33)21-9-12-23(36-3)13-10-21/h4-14,17,19H,15-16,18H2,1-3H3,(H,30,34). The number of aromatic nitrogens is 2. The number of hydrogen-bond acceptors (Lipinski definition) is 6. The third-order valence-corrected chi connectivity index (χ3v) is 6.79. The quantitative estimate of drug-likeness (QED) is 0.186. The van der Waals surface area contributed by atoms with Crippen LogP contribution < -0.4 is 15.6 Å². The van der Waals surface area contributed by atoms with Gasteiger partial charge in [-0.25, -0.2) is 4.98 Å².